The van der Waals surface area contributed by atoms with Crippen LogP contribution in [0, 0.1) is 0 Å². The first-order valence-corrected chi connectivity index (χ1v) is 7.21. The monoisotopic (exact) mass is 263 g/mol. The van der Waals surface area contributed by atoms with Gasteiger partial charge in [0.2, 0.25) is 0 Å². The highest BCUT2D eigenvalue weighted by Gasteiger charge is 2.42. The largest absolute Gasteiger partial charge is 0.497 e. The van der Waals surface area contributed by atoms with Crippen LogP contribution < -0.4 is 10.1 Å². The van der Waals surface area contributed by atoms with Crippen molar-refractivity contribution in [3.8, 4) is 5.75 Å². The van der Waals surface area contributed by atoms with Crippen LogP contribution in [0.1, 0.15) is 44.2 Å². The molecule has 3 heteroatoms. The molecule has 0 radical (unpaired) electrons. The van der Waals surface area contributed by atoms with Crippen LogP contribution in [0.25, 0.3) is 0 Å². The lowest BCUT2D eigenvalue weighted by Gasteiger charge is -2.37. The SMILES string of the molecule is CCOC1(C(NC)c2ccc(OC)cc2)CCCC1. The first kappa shape index (κ1) is 14.4. The van der Waals surface area contributed by atoms with Gasteiger partial charge in [-0.2, -0.15) is 0 Å². The number of likely N-dealkylation sites (N-methyl/N-ethyl adjacent to an activating group) is 1. The van der Waals surface area contributed by atoms with E-state index < -0.39 is 0 Å². The van der Waals surface area contributed by atoms with Crippen molar-refractivity contribution in [3.63, 3.8) is 0 Å². The van der Waals surface area contributed by atoms with Gasteiger partial charge in [0.25, 0.3) is 0 Å². The summed E-state index contributed by atoms with van der Waals surface area (Å²) in [6, 6.07) is 8.57. The van der Waals surface area contributed by atoms with Crippen molar-refractivity contribution in [2.24, 2.45) is 0 Å². The van der Waals surface area contributed by atoms with E-state index in [0.29, 0.717) is 0 Å². The van der Waals surface area contributed by atoms with Crippen molar-refractivity contribution in [1.82, 2.24) is 5.32 Å². The summed E-state index contributed by atoms with van der Waals surface area (Å²) in [5.41, 5.74) is 1.23. The van der Waals surface area contributed by atoms with Crippen LogP contribution in [0.15, 0.2) is 24.3 Å². The van der Waals surface area contributed by atoms with Crippen LogP contribution in [-0.4, -0.2) is 26.4 Å². The fraction of sp³-hybridized carbons (Fsp3) is 0.625. The van der Waals surface area contributed by atoms with Crippen LogP contribution in [0.3, 0.4) is 0 Å². The van der Waals surface area contributed by atoms with Gasteiger partial charge in [0.05, 0.1) is 18.8 Å². The van der Waals surface area contributed by atoms with Gasteiger partial charge in [0.15, 0.2) is 0 Å². The average molecular weight is 263 g/mol. The molecule has 1 atom stereocenters. The van der Waals surface area contributed by atoms with E-state index in [-0.39, 0.29) is 11.6 Å². The van der Waals surface area contributed by atoms with Crippen molar-refractivity contribution >= 4 is 0 Å². The summed E-state index contributed by atoms with van der Waals surface area (Å²) in [6.07, 6.45) is 4.79. The maximum absolute atomic E-state index is 6.16. The van der Waals surface area contributed by atoms with Gasteiger partial charge < -0.3 is 14.8 Å². The number of ether oxygens (including phenoxy) is 2. The minimum Gasteiger partial charge on any atom is -0.497 e. The van der Waals surface area contributed by atoms with Crippen LogP contribution >= 0.6 is 0 Å². The number of rotatable bonds is 6. The molecule has 0 aromatic heterocycles. The van der Waals surface area contributed by atoms with Crippen molar-refractivity contribution < 1.29 is 9.47 Å². The molecule has 0 heterocycles. The summed E-state index contributed by atoms with van der Waals surface area (Å²) in [4.78, 5) is 0. The van der Waals surface area contributed by atoms with Crippen LogP contribution in [0.2, 0.25) is 0 Å². The molecule has 0 bridgehead atoms. The van der Waals surface area contributed by atoms with Gasteiger partial charge >= 0.3 is 0 Å². The zero-order valence-corrected chi connectivity index (χ0v) is 12.2. The third-order valence-electron chi connectivity index (χ3n) is 4.15. The predicted molar refractivity (Wildman–Crippen MR) is 77.6 cm³/mol. The van der Waals surface area contributed by atoms with Gasteiger partial charge in [-0.25, -0.2) is 0 Å². The molecule has 1 saturated carbocycles. The summed E-state index contributed by atoms with van der Waals surface area (Å²) < 4.78 is 11.4. The van der Waals surface area contributed by atoms with Gasteiger partial charge in [-0.1, -0.05) is 25.0 Å². The highest BCUT2D eigenvalue weighted by Crippen LogP contribution is 2.43. The lowest BCUT2D eigenvalue weighted by molar-refractivity contribution is -0.0610. The summed E-state index contributed by atoms with van der Waals surface area (Å²) in [5, 5.41) is 3.46. The molecule has 1 fully saturated rings. The lowest BCUT2D eigenvalue weighted by Crippen LogP contribution is -2.43. The number of hydrogen-bond donors (Lipinski definition) is 1. The molecule has 2 rings (SSSR count). The molecule has 1 aromatic rings. The fourth-order valence-electron chi connectivity index (χ4n) is 3.31. The number of hydrogen-bond acceptors (Lipinski definition) is 3. The van der Waals surface area contributed by atoms with E-state index >= 15 is 0 Å². The molecule has 1 aromatic carbocycles. The molecule has 0 aliphatic heterocycles. The van der Waals surface area contributed by atoms with E-state index in [2.05, 4.69) is 24.4 Å². The Hall–Kier alpha value is -1.06. The Bertz CT molecular complexity index is 382. The summed E-state index contributed by atoms with van der Waals surface area (Å²) in [5.74, 6) is 0.899. The van der Waals surface area contributed by atoms with Crippen LogP contribution in [-0.2, 0) is 4.74 Å². The summed E-state index contributed by atoms with van der Waals surface area (Å²) in [7, 11) is 3.72. The van der Waals surface area contributed by atoms with E-state index in [4.69, 9.17) is 9.47 Å². The van der Waals surface area contributed by atoms with E-state index in [0.717, 1.165) is 25.2 Å². The minimum absolute atomic E-state index is 0.0436. The number of benzene rings is 1. The molecular weight excluding hydrogens is 238 g/mol. The van der Waals surface area contributed by atoms with E-state index in [1.807, 2.05) is 19.2 Å². The molecule has 1 aliphatic carbocycles. The Balaban J connectivity index is 2.25. The third-order valence-corrected chi connectivity index (χ3v) is 4.15. The van der Waals surface area contributed by atoms with Crippen LogP contribution in [0.4, 0.5) is 0 Å². The Morgan fingerprint density at radius 1 is 1.21 bits per heavy atom. The second kappa shape index (κ2) is 6.40. The lowest BCUT2D eigenvalue weighted by atomic mass is 9.86. The zero-order valence-electron chi connectivity index (χ0n) is 12.2. The smallest absolute Gasteiger partial charge is 0.118 e. The van der Waals surface area contributed by atoms with Gasteiger partial charge in [-0.3, -0.25) is 0 Å². The standard InChI is InChI=1S/C16H25NO2/c1-4-19-16(11-5-6-12-16)15(17-2)13-7-9-14(18-3)10-8-13/h7-10,15,17H,4-6,11-12H2,1-3H3. The summed E-state index contributed by atoms with van der Waals surface area (Å²) >= 11 is 0. The van der Waals surface area contributed by atoms with Gasteiger partial charge in [0.1, 0.15) is 5.75 Å². The number of methoxy groups -OCH3 is 1. The average Bonchev–Trinajstić information content (AvgIpc) is 2.90. The van der Waals surface area contributed by atoms with E-state index in [1.165, 1.54) is 18.4 Å². The molecule has 0 amide bonds. The molecule has 1 unspecified atom stereocenters. The molecule has 1 aliphatic rings. The van der Waals surface area contributed by atoms with Crippen LogP contribution in [0.5, 0.6) is 5.75 Å². The Labute approximate surface area is 116 Å². The quantitative estimate of drug-likeness (QED) is 0.854. The fourth-order valence-corrected chi connectivity index (χ4v) is 3.31. The Kier molecular flexibility index (Phi) is 4.83. The first-order chi connectivity index (χ1) is 9.25. The normalized spacial score (nSPS) is 19.3. The van der Waals surface area contributed by atoms with Crippen molar-refractivity contribution in [1.29, 1.82) is 0 Å². The summed E-state index contributed by atoms with van der Waals surface area (Å²) in [6.45, 7) is 2.86. The van der Waals surface area contributed by atoms with Gasteiger partial charge in [0, 0.05) is 6.61 Å². The Morgan fingerprint density at radius 3 is 2.32 bits per heavy atom. The highest BCUT2D eigenvalue weighted by atomic mass is 16.5. The van der Waals surface area contributed by atoms with E-state index in [1.54, 1.807) is 7.11 Å². The predicted octanol–water partition coefficient (Wildman–Crippen LogP) is 3.31. The second-order valence-corrected chi connectivity index (χ2v) is 5.20. The topological polar surface area (TPSA) is 30.5 Å². The molecule has 0 spiro atoms. The molecule has 3 nitrogen and oxygen atoms in total. The number of nitrogens with one attached hydrogen (secondary N) is 1. The molecular formula is C16H25NO2. The van der Waals surface area contributed by atoms with Crippen molar-refractivity contribution in [3.05, 3.63) is 29.8 Å². The van der Waals surface area contributed by atoms with E-state index in [9.17, 15) is 0 Å². The first-order valence-electron chi connectivity index (χ1n) is 7.21. The minimum atomic E-state index is -0.0436. The highest BCUT2D eigenvalue weighted by molar-refractivity contribution is 5.31. The van der Waals surface area contributed by atoms with Crippen molar-refractivity contribution in [2.75, 3.05) is 20.8 Å². The maximum Gasteiger partial charge on any atom is 0.118 e. The molecule has 106 valence electrons. The Morgan fingerprint density at radius 2 is 1.84 bits per heavy atom. The van der Waals surface area contributed by atoms with Crippen molar-refractivity contribution in [2.45, 2.75) is 44.2 Å². The third kappa shape index (κ3) is 2.93. The molecule has 1 N–H and O–H groups in total. The van der Waals surface area contributed by atoms with Gasteiger partial charge in [-0.05, 0) is 44.5 Å². The molecule has 0 saturated heterocycles. The van der Waals surface area contributed by atoms with Gasteiger partial charge in [-0.15, -0.1) is 0 Å². The molecule has 19 heavy (non-hydrogen) atoms. The zero-order chi connectivity index (χ0) is 13.7. The second-order valence-electron chi connectivity index (χ2n) is 5.20. The maximum atomic E-state index is 6.16.